The van der Waals surface area contributed by atoms with Crippen LogP contribution >= 0.6 is 0 Å². The zero-order chi connectivity index (χ0) is 15.1. The maximum atomic E-state index is 12.4. The number of amides is 1. The van der Waals surface area contributed by atoms with Crippen LogP contribution in [-0.2, 0) is 0 Å². The summed E-state index contributed by atoms with van der Waals surface area (Å²) in [6.45, 7) is 1.82. The number of carbonyl (C=O) groups excluding carboxylic acids is 1. The van der Waals surface area contributed by atoms with Gasteiger partial charge in [-0.15, -0.1) is 0 Å². The Bertz CT molecular complexity index is 965. The minimum Gasteiger partial charge on any atom is -0.351 e. The number of carbonyl (C=O) groups is 1. The molecule has 3 heterocycles. The van der Waals surface area contributed by atoms with Crippen LogP contribution in [0.1, 0.15) is 16.3 Å². The monoisotopic (exact) mass is 291 g/mol. The summed E-state index contributed by atoms with van der Waals surface area (Å²) < 4.78 is 1.65. The predicted octanol–water partition coefficient (Wildman–Crippen LogP) is 2.77. The standard InChI is InChI=1S/C16H13N5O/c1-10-17-15-13(7-4-8-21(15)20-10)19-16(22)14-9-11-5-2-3-6-12(11)18-14/h2-9,18H,1H3,(H,19,22). The molecular weight excluding hydrogens is 278 g/mol. The number of benzene rings is 1. The molecule has 0 radical (unpaired) electrons. The van der Waals surface area contributed by atoms with Crippen LogP contribution in [0.5, 0.6) is 0 Å². The summed E-state index contributed by atoms with van der Waals surface area (Å²) in [5, 5.41) is 8.12. The second-order valence-corrected chi connectivity index (χ2v) is 5.07. The summed E-state index contributed by atoms with van der Waals surface area (Å²) in [6, 6.07) is 13.2. The second-order valence-electron chi connectivity index (χ2n) is 5.07. The van der Waals surface area contributed by atoms with Crippen molar-refractivity contribution in [3.63, 3.8) is 0 Å². The van der Waals surface area contributed by atoms with Crippen molar-refractivity contribution >= 4 is 28.1 Å². The van der Waals surface area contributed by atoms with Gasteiger partial charge < -0.3 is 10.3 Å². The van der Waals surface area contributed by atoms with Gasteiger partial charge in [0.2, 0.25) is 0 Å². The third kappa shape index (κ3) is 2.01. The predicted molar refractivity (Wildman–Crippen MR) is 84.0 cm³/mol. The van der Waals surface area contributed by atoms with Crippen molar-refractivity contribution in [3.05, 3.63) is 60.2 Å². The fraction of sp³-hybridized carbons (Fsp3) is 0.0625. The molecule has 6 nitrogen and oxygen atoms in total. The Morgan fingerprint density at radius 3 is 2.95 bits per heavy atom. The van der Waals surface area contributed by atoms with Crippen molar-refractivity contribution in [2.75, 3.05) is 5.32 Å². The molecule has 0 spiro atoms. The number of fused-ring (bicyclic) bond motifs is 2. The number of aryl methyl sites for hydroxylation is 1. The smallest absolute Gasteiger partial charge is 0.272 e. The molecular formula is C16H13N5O. The highest BCUT2D eigenvalue weighted by Crippen LogP contribution is 2.18. The molecule has 22 heavy (non-hydrogen) atoms. The maximum Gasteiger partial charge on any atom is 0.272 e. The third-order valence-corrected chi connectivity index (χ3v) is 3.49. The molecule has 0 atom stereocenters. The van der Waals surface area contributed by atoms with Crippen LogP contribution in [0.4, 0.5) is 5.69 Å². The minimum absolute atomic E-state index is 0.204. The average Bonchev–Trinajstić information content (AvgIpc) is 3.10. The van der Waals surface area contributed by atoms with E-state index in [1.54, 1.807) is 10.7 Å². The number of pyridine rings is 1. The van der Waals surface area contributed by atoms with Crippen molar-refractivity contribution < 1.29 is 4.79 Å². The van der Waals surface area contributed by atoms with Gasteiger partial charge in [0.15, 0.2) is 5.65 Å². The molecule has 0 aliphatic rings. The first kappa shape index (κ1) is 12.6. The second kappa shape index (κ2) is 4.70. The van der Waals surface area contributed by atoms with E-state index < -0.39 is 0 Å². The number of nitrogens with one attached hydrogen (secondary N) is 2. The molecule has 3 aromatic heterocycles. The Labute approximate surface area is 125 Å². The molecule has 0 saturated heterocycles. The average molecular weight is 291 g/mol. The van der Waals surface area contributed by atoms with E-state index in [4.69, 9.17) is 0 Å². The Morgan fingerprint density at radius 1 is 1.23 bits per heavy atom. The lowest BCUT2D eigenvalue weighted by Gasteiger charge is -2.04. The molecule has 6 heteroatoms. The van der Waals surface area contributed by atoms with Gasteiger partial charge in [0, 0.05) is 17.1 Å². The largest absolute Gasteiger partial charge is 0.351 e. The van der Waals surface area contributed by atoms with E-state index in [9.17, 15) is 4.79 Å². The number of H-pyrrole nitrogens is 1. The van der Waals surface area contributed by atoms with Crippen LogP contribution in [0.25, 0.3) is 16.6 Å². The van der Waals surface area contributed by atoms with E-state index in [0.29, 0.717) is 22.9 Å². The Morgan fingerprint density at radius 2 is 2.09 bits per heavy atom. The molecule has 0 unspecified atom stereocenters. The fourth-order valence-electron chi connectivity index (χ4n) is 2.50. The third-order valence-electron chi connectivity index (χ3n) is 3.49. The molecule has 0 fully saturated rings. The molecule has 0 aliphatic carbocycles. The van der Waals surface area contributed by atoms with E-state index in [0.717, 1.165) is 10.9 Å². The number of anilines is 1. The van der Waals surface area contributed by atoms with Gasteiger partial charge in [-0.3, -0.25) is 4.79 Å². The van der Waals surface area contributed by atoms with E-state index in [-0.39, 0.29) is 5.91 Å². The van der Waals surface area contributed by atoms with Gasteiger partial charge in [-0.1, -0.05) is 18.2 Å². The van der Waals surface area contributed by atoms with Crippen molar-refractivity contribution in [2.45, 2.75) is 6.92 Å². The number of para-hydroxylation sites is 1. The Kier molecular flexibility index (Phi) is 2.69. The summed E-state index contributed by atoms with van der Waals surface area (Å²) in [5.74, 6) is 0.456. The van der Waals surface area contributed by atoms with Crippen molar-refractivity contribution in [1.29, 1.82) is 0 Å². The topological polar surface area (TPSA) is 75.1 Å². The number of rotatable bonds is 2. The van der Waals surface area contributed by atoms with Gasteiger partial charge in [-0.05, 0) is 31.2 Å². The highest BCUT2D eigenvalue weighted by Gasteiger charge is 2.12. The van der Waals surface area contributed by atoms with E-state index >= 15 is 0 Å². The van der Waals surface area contributed by atoms with E-state index in [1.165, 1.54) is 0 Å². The summed E-state index contributed by atoms with van der Waals surface area (Å²) in [5.41, 5.74) is 2.71. The van der Waals surface area contributed by atoms with Gasteiger partial charge in [-0.2, -0.15) is 5.10 Å². The molecule has 0 saturated carbocycles. The normalized spacial score (nSPS) is 11.1. The van der Waals surface area contributed by atoms with Gasteiger partial charge in [-0.25, -0.2) is 9.50 Å². The molecule has 0 bridgehead atoms. The Balaban J connectivity index is 1.71. The molecule has 0 aliphatic heterocycles. The number of nitrogens with zero attached hydrogens (tertiary/aromatic N) is 3. The van der Waals surface area contributed by atoms with Gasteiger partial charge in [0.25, 0.3) is 5.91 Å². The molecule has 4 rings (SSSR count). The molecule has 1 amide bonds. The van der Waals surface area contributed by atoms with Crippen molar-refractivity contribution in [2.24, 2.45) is 0 Å². The first-order chi connectivity index (χ1) is 10.7. The highest BCUT2D eigenvalue weighted by atomic mass is 16.1. The number of aromatic amines is 1. The lowest BCUT2D eigenvalue weighted by Crippen LogP contribution is -2.13. The van der Waals surface area contributed by atoms with Crippen LogP contribution in [-0.4, -0.2) is 25.5 Å². The first-order valence-electron chi connectivity index (χ1n) is 6.92. The number of hydrogen-bond donors (Lipinski definition) is 2. The quantitative estimate of drug-likeness (QED) is 0.596. The summed E-state index contributed by atoms with van der Waals surface area (Å²) in [4.78, 5) is 19.9. The van der Waals surface area contributed by atoms with Crippen LogP contribution in [0.2, 0.25) is 0 Å². The van der Waals surface area contributed by atoms with Crippen molar-refractivity contribution in [1.82, 2.24) is 19.6 Å². The van der Waals surface area contributed by atoms with Crippen LogP contribution < -0.4 is 5.32 Å². The van der Waals surface area contributed by atoms with Crippen LogP contribution in [0.15, 0.2) is 48.7 Å². The Hall–Kier alpha value is -3.15. The van der Waals surface area contributed by atoms with Crippen LogP contribution in [0.3, 0.4) is 0 Å². The lowest BCUT2D eigenvalue weighted by molar-refractivity contribution is 0.102. The fourth-order valence-corrected chi connectivity index (χ4v) is 2.50. The van der Waals surface area contributed by atoms with E-state index in [1.807, 2.05) is 49.4 Å². The minimum atomic E-state index is -0.204. The van der Waals surface area contributed by atoms with E-state index in [2.05, 4.69) is 20.4 Å². The summed E-state index contributed by atoms with van der Waals surface area (Å²) >= 11 is 0. The molecule has 4 aromatic rings. The first-order valence-corrected chi connectivity index (χ1v) is 6.92. The number of aromatic nitrogens is 4. The number of hydrogen-bond acceptors (Lipinski definition) is 3. The summed E-state index contributed by atoms with van der Waals surface area (Å²) in [7, 11) is 0. The molecule has 2 N–H and O–H groups in total. The van der Waals surface area contributed by atoms with Gasteiger partial charge in [0.1, 0.15) is 11.5 Å². The maximum absolute atomic E-state index is 12.4. The summed E-state index contributed by atoms with van der Waals surface area (Å²) in [6.07, 6.45) is 1.80. The zero-order valence-corrected chi connectivity index (χ0v) is 11.9. The van der Waals surface area contributed by atoms with Crippen molar-refractivity contribution in [3.8, 4) is 0 Å². The molecule has 108 valence electrons. The zero-order valence-electron chi connectivity index (χ0n) is 11.9. The van der Waals surface area contributed by atoms with Crippen LogP contribution in [0, 0.1) is 6.92 Å². The van der Waals surface area contributed by atoms with Gasteiger partial charge in [0.05, 0.1) is 5.69 Å². The van der Waals surface area contributed by atoms with Gasteiger partial charge >= 0.3 is 0 Å². The highest BCUT2D eigenvalue weighted by molar-refractivity contribution is 6.07. The SMILES string of the molecule is Cc1nc2c(NC(=O)c3cc4ccccc4[nH]3)cccn2n1. The lowest BCUT2D eigenvalue weighted by atomic mass is 10.2. The molecule has 1 aromatic carbocycles.